The van der Waals surface area contributed by atoms with Crippen molar-refractivity contribution >= 4 is 11.8 Å². The molecule has 0 unspecified atom stereocenters. The van der Waals surface area contributed by atoms with Gasteiger partial charge in [-0.1, -0.05) is 49.6 Å². The first-order valence-electron chi connectivity index (χ1n) is 9.53. The van der Waals surface area contributed by atoms with Gasteiger partial charge in [0.25, 0.3) is 0 Å². The molecule has 3 rings (SSSR count). The van der Waals surface area contributed by atoms with E-state index in [9.17, 15) is 9.59 Å². The van der Waals surface area contributed by atoms with Gasteiger partial charge >= 0.3 is 0 Å². The molecule has 2 amide bonds. The van der Waals surface area contributed by atoms with Crippen LogP contribution in [0.1, 0.15) is 56.6 Å². The molecule has 1 aliphatic carbocycles. The SMILES string of the molecule is CNC(=O)[C@@H](c1ccccc1)N1CCC[C@H]1C(=O)NC1CCCCC1. The maximum Gasteiger partial charge on any atom is 0.241 e. The van der Waals surface area contributed by atoms with Gasteiger partial charge < -0.3 is 10.6 Å². The van der Waals surface area contributed by atoms with E-state index >= 15 is 0 Å². The van der Waals surface area contributed by atoms with Gasteiger partial charge in [-0.15, -0.1) is 0 Å². The predicted octanol–water partition coefficient (Wildman–Crippen LogP) is 2.39. The Morgan fingerprint density at radius 2 is 1.76 bits per heavy atom. The fourth-order valence-electron chi connectivity index (χ4n) is 4.19. The second kappa shape index (κ2) is 8.48. The lowest BCUT2D eigenvalue weighted by atomic mass is 9.95. The summed E-state index contributed by atoms with van der Waals surface area (Å²) >= 11 is 0. The van der Waals surface area contributed by atoms with E-state index in [-0.39, 0.29) is 17.9 Å². The summed E-state index contributed by atoms with van der Waals surface area (Å²) in [6, 6.07) is 9.44. The van der Waals surface area contributed by atoms with Crippen molar-refractivity contribution in [3.8, 4) is 0 Å². The summed E-state index contributed by atoms with van der Waals surface area (Å²) < 4.78 is 0. The van der Waals surface area contributed by atoms with E-state index in [0.29, 0.717) is 6.04 Å². The van der Waals surface area contributed by atoms with Crippen LogP contribution in [-0.2, 0) is 9.59 Å². The van der Waals surface area contributed by atoms with Gasteiger partial charge in [0.15, 0.2) is 0 Å². The molecule has 2 aliphatic rings. The standard InChI is InChI=1S/C20H29N3O2/c1-21-20(25)18(15-9-4-2-5-10-15)23-14-8-13-17(23)19(24)22-16-11-6-3-7-12-16/h2,4-5,9-10,16-18H,3,6-8,11-14H2,1H3,(H,21,25)(H,22,24)/t17-,18+/m0/s1. The number of benzene rings is 1. The quantitative estimate of drug-likeness (QED) is 0.863. The first-order chi connectivity index (χ1) is 12.2. The highest BCUT2D eigenvalue weighted by atomic mass is 16.2. The van der Waals surface area contributed by atoms with E-state index < -0.39 is 6.04 Å². The second-order valence-electron chi connectivity index (χ2n) is 7.17. The van der Waals surface area contributed by atoms with Crippen molar-refractivity contribution in [2.45, 2.75) is 63.1 Å². The van der Waals surface area contributed by atoms with Crippen LogP contribution in [0.3, 0.4) is 0 Å². The molecule has 0 spiro atoms. The molecule has 2 atom stereocenters. The lowest BCUT2D eigenvalue weighted by Crippen LogP contribution is -2.50. The van der Waals surface area contributed by atoms with E-state index in [1.165, 1.54) is 19.3 Å². The summed E-state index contributed by atoms with van der Waals surface area (Å²) in [4.78, 5) is 27.5. The molecule has 1 saturated carbocycles. The van der Waals surface area contributed by atoms with E-state index in [4.69, 9.17) is 0 Å². The normalized spacial score (nSPS) is 23.2. The summed E-state index contributed by atoms with van der Waals surface area (Å²) in [6.45, 7) is 0.774. The van der Waals surface area contributed by atoms with Gasteiger partial charge in [0, 0.05) is 19.6 Å². The molecule has 5 heteroatoms. The number of rotatable bonds is 5. The van der Waals surface area contributed by atoms with Crippen molar-refractivity contribution in [2.24, 2.45) is 0 Å². The fraction of sp³-hybridized carbons (Fsp3) is 0.600. The van der Waals surface area contributed by atoms with Gasteiger partial charge in [-0.25, -0.2) is 0 Å². The van der Waals surface area contributed by atoms with Crippen molar-refractivity contribution in [3.63, 3.8) is 0 Å². The van der Waals surface area contributed by atoms with Crippen LogP contribution in [0.2, 0.25) is 0 Å². The van der Waals surface area contributed by atoms with Crippen LogP contribution in [0.5, 0.6) is 0 Å². The molecule has 0 radical (unpaired) electrons. The van der Waals surface area contributed by atoms with Gasteiger partial charge in [0.1, 0.15) is 6.04 Å². The van der Waals surface area contributed by atoms with Crippen LogP contribution in [-0.4, -0.2) is 42.4 Å². The Morgan fingerprint density at radius 1 is 1.04 bits per heavy atom. The number of amides is 2. The summed E-state index contributed by atoms with van der Waals surface area (Å²) in [5.74, 6) is 0.0396. The molecule has 0 aromatic heterocycles. The summed E-state index contributed by atoms with van der Waals surface area (Å²) in [5, 5.41) is 6.01. The Hall–Kier alpha value is -1.88. The minimum absolute atomic E-state index is 0.0523. The molecule has 2 fully saturated rings. The molecule has 1 aromatic rings. The van der Waals surface area contributed by atoms with Crippen LogP contribution in [0.25, 0.3) is 0 Å². The third-order valence-electron chi connectivity index (χ3n) is 5.49. The van der Waals surface area contributed by atoms with E-state index in [0.717, 1.165) is 37.8 Å². The maximum atomic E-state index is 12.9. The Kier molecular flexibility index (Phi) is 6.08. The number of carbonyl (C=O) groups is 2. The lowest BCUT2D eigenvalue weighted by molar-refractivity contribution is -0.131. The maximum absolute atomic E-state index is 12.9. The van der Waals surface area contributed by atoms with Crippen molar-refractivity contribution in [2.75, 3.05) is 13.6 Å². The van der Waals surface area contributed by atoms with Crippen LogP contribution in [0.4, 0.5) is 0 Å². The number of likely N-dealkylation sites (tertiary alicyclic amines) is 1. The fourth-order valence-corrected chi connectivity index (χ4v) is 4.19. The van der Waals surface area contributed by atoms with Crippen molar-refractivity contribution in [1.82, 2.24) is 15.5 Å². The number of carbonyl (C=O) groups excluding carboxylic acids is 2. The van der Waals surface area contributed by atoms with Crippen LogP contribution in [0, 0.1) is 0 Å². The number of nitrogens with zero attached hydrogens (tertiary/aromatic N) is 1. The summed E-state index contributed by atoms with van der Waals surface area (Å²) in [6.07, 6.45) is 7.59. The molecule has 136 valence electrons. The third-order valence-corrected chi connectivity index (χ3v) is 5.49. The predicted molar refractivity (Wildman–Crippen MR) is 98.0 cm³/mol. The Balaban J connectivity index is 1.75. The highest BCUT2D eigenvalue weighted by molar-refractivity contribution is 5.86. The Morgan fingerprint density at radius 3 is 2.44 bits per heavy atom. The average Bonchev–Trinajstić information content (AvgIpc) is 3.13. The molecule has 5 nitrogen and oxygen atoms in total. The Labute approximate surface area is 150 Å². The van der Waals surface area contributed by atoms with Crippen LogP contribution in [0.15, 0.2) is 30.3 Å². The average molecular weight is 343 g/mol. The smallest absolute Gasteiger partial charge is 0.241 e. The molecule has 0 bridgehead atoms. The second-order valence-corrected chi connectivity index (χ2v) is 7.17. The minimum Gasteiger partial charge on any atom is -0.358 e. The van der Waals surface area contributed by atoms with Gasteiger partial charge in [0.05, 0.1) is 6.04 Å². The Bertz CT molecular complexity index is 584. The first kappa shape index (κ1) is 17.9. The number of likely N-dealkylation sites (N-methyl/N-ethyl adjacent to an activating group) is 1. The molecular formula is C20H29N3O2. The molecule has 1 aliphatic heterocycles. The zero-order valence-corrected chi connectivity index (χ0v) is 15.0. The van der Waals surface area contributed by atoms with Crippen molar-refractivity contribution in [3.05, 3.63) is 35.9 Å². The summed E-state index contributed by atoms with van der Waals surface area (Å²) in [7, 11) is 1.66. The zero-order valence-electron chi connectivity index (χ0n) is 15.0. The van der Waals surface area contributed by atoms with Gasteiger partial charge in [-0.05, 0) is 31.2 Å². The monoisotopic (exact) mass is 343 g/mol. The lowest BCUT2D eigenvalue weighted by Gasteiger charge is -2.33. The van der Waals surface area contributed by atoms with Gasteiger partial charge in [-0.3, -0.25) is 14.5 Å². The zero-order chi connectivity index (χ0) is 17.6. The number of hydrogen-bond acceptors (Lipinski definition) is 3. The van der Waals surface area contributed by atoms with E-state index in [1.807, 2.05) is 30.3 Å². The largest absolute Gasteiger partial charge is 0.358 e. The molecule has 1 heterocycles. The molecular weight excluding hydrogens is 314 g/mol. The van der Waals surface area contributed by atoms with Gasteiger partial charge in [0.2, 0.25) is 11.8 Å². The van der Waals surface area contributed by atoms with Crippen LogP contribution < -0.4 is 10.6 Å². The summed E-state index contributed by atoms with van der Waals surface area (Å²) in [5.41, 5.74) is 0.944. The van der Waals surface area contributed by atoms with Crippen LogP contribution >= 0.6 is 0 Å². The highest BCUT2D eigenvalue weighted by Gasteiger charge is 2.39. The van der Waals surface area contributed by atoms with Gasteiger partial charge in [-0.2, -0.15) is 0 Å². The number of hydrogen-bond donors (Lipinski definition) is 2. The van der Waals surface area contributed by atoms with E-state index in [2.05, 4.69) is 15.5 Å². The topological polar surface area (TPSA) is 61.4 Å². The molecule has 1 saturated heterocycles. The molecule has 25 heavy (non-hydrogen) atoms. The highest BCUT2D eigenvalue weighted by Crippen LogP contribution is 2.30. The number of nitrogens with one attached hydrogen (secondary N) is 2. The van der Waals surface area contributed by atoms with Crippen molar-refractivity contribution < 1.29 is 9.59 Å². The third kappa shape index (κ3) is 4.21. The first-order valence-corrected chi connectivity index (χ1v) is 9.53. The minimum atomic E-state index is -0.407. The molecule has 2 N–H and O–H groups in total. The molecule has 1 aromatic carbocycles. The van der Waals surface area contributed by atoms with Crippen molar-refractivity contribution in [1.29, 1.82) is 0 Å². The van der Waals surface area contributed by atoms with E-state index in [1.54, 1.807) is 7.05 Å².